The second-order valence-electron chi connectivity index (χ2n) is 5.12. The van der Waals surface area contributed by atoms with E-state index < -0.39 is 12.1 Å². The lowest BCUT2D eigenvalue weighted by Crippen LogP contribution is -2.27. The number of halogens is 1. The molecular formula is C15H20BrNO3. The summed E-state index contributed by atoms with van der Waals surface area (Å²) in [4.78, 5) is 11.2. The number of nitrogens with one attached hydrogen (secondary N) is 1. The van der Waals surface area contributed by atoms with Crippen LogP contribution >= 0.6 is 15.9 Å². The smallest absolute Gasteiger partial charge is 0.344 e. The molecule has 1 fully saturated rings. The molecule has 0 amide bonds. The number of hydrogen-bond acceptors (Lipinski definition) is 3. The minimum atomic E-state index is -0.913. The number of carboxylic acid groups (broad SMARTS) is 1. The Balaban J connectivity index is 2.12. The molecule has 110 valence electrons. The monoisotopic (exact) mass is 341 g/mol. The Morgan fingerprint density at radius 2 is 2.30 bits per heavy atom. The van der Waals surface area contributed by atoms with Gasteiger partial charge in [0.2, 0.25) is 0 Å². The third-order valence-corrected chi connectivity index (χ3v) is 3.92. The highest BCUT2D eigenvalue weighted by atomic mass is 79.9. The predicted molar refractivity (Wildman–Crippen MR) is 81.0 cm³/mol. The summed E-state index contributed by atoms with van der Waals surface area (Å²) >= 11 is 3.45. The molecule has 0 aromatic heterocycles. The van der Waals surface area contributed by atoms with Crippen LogP contribution in [0.5, 0.6) is 5.75 Å². The molecule has 2 N–H and O–H groups in total. The molecule has 20 heavy (non-hydrogen) atoms. The van der Waals surface area contributed by atoms with Crippen LogP contribution in [0.2, 0.25) is 0 Å². The summed E-state index contributed by atoms with van der Waals surface area (Å²) in [5.41, 5.74) is 0.994. The average Bonchev–Trinajstić information content (AvgIpc) is 3.22. The first-order chi connectivity index (χ1) is 9.61. The molecule has 0 bridgehead atoms. The van der Waals surface area contributed by atoms with E-state index in [0.717, 1.165) is 16.5 Å². The van der Waals surface area contributed by atoms with E-state index in [1.54, 1.807) is 0 Å². The Morgan fingerprint density at radius 1 is 1.55 bits per heavy atom. The first-order valence-corrected chi connectivity index (χ1v) is 7.81. The second kappa shape index (κ2) is 7.09. The summed E-state index contributed by atoms with van der Waals surface area (Å²) in [5, 5.41) is 12.6. The third kappa shape index (κ3) is 4.21. The van der Waals surface area contributed by atoms with Crippen LogP contribution in [-0.4, -0.2) is 23.2 Å². The summed E-state index contributed by atoms with van der Waals surface area (Å²) in [6, 6.07) is 6.39. The number of para-hydroxylation sites is 1. The van der Waals surface area contributed by atoms with Crippen molar-refractivity contribution in [2.45, 2.75) is 51.3 Å². The van der Waals surface area contributed by atoms with Crippen LogP contribution in [0, 0.1) is 0 Å². The van der Waals surface area contributed by atoms with Crippen LogP contribution in [-0.2, 0) is 11.3 Å². The Bertz CT molecular complexity index is 474. The number of carboxylic acids is 1. The van der Waals surface area contributed by atoms with Crippen molar-refractivity contribution in [3.8, 4) is 5.75 Å². The Hall–Kier alpha value is -1.07. The summed E-state index contributed by atoms with van der Waals surface area (Å²) in [6.07, 6.45) is 2.93. The molecule has 1 unspecified atom stereocenters. The van der Waals surface area contributed by atoms with Gasteiger partial charge in [0.15, 0.2) is 6.10 Å². The maximum Gasteiger partial charge on any atom is 0.344 e. The summed E-state index contributed by atoms with van der Waals surface area (Å²) < 4.78 is 6.55. The molecule has 1 aromatic carbocycles. The van der Waals surface area contributed by atoms with E-state index >= 15 is 0 Å². The maximum atomic E-state index is 11.2. The number of ether oxygens (including phenoxy) is 1. The van der Waals surface area contributed by atoms with Gasteiger partial charge in [-0.15, -0.1) is 0 Å². The minimum Gasteiger partial charge on any atom is -0.479 e. The number of aliphatic carboxylic acids is 1. The zero-order valence-electron chi connectivity index (χ0n) is 11.6. The van der Waals surface area contributed by atoms with E-state index in [0.29, 0.717) is 24.8 Å². The standard InChI is InChI=1S/C15H20BrNO3/c1-2-4-13(15(18)19)20-14-10(5-3-6-12(14)16)9-17-11-7-8-11/h3,5-6,11,13,17H,2,4,7-9H2,1H3,(H,18,19). The first-order valence-electron chi connectivity index (χ1n) is 7.02. The van der Waals surface area contributed by atoms with Crippen molar-refractivity contribution in [3.63, 3.8) is 0 Å². The molecule has 5 heteroatoms. The molecule has 0 heterocycles. The summed E-state index contributed by atoms with van der Waals surface area (Å²) in [7, 11) is 0. The van der Waals surface area contributed by atoms with Gasteiger partial charge in [0.25, 0.3) is 0 Å². The number of hydrogen-bond donors (Lipinski definition) is 2. The predicted octanol–water partition coefficient (Wildman–Crippen LogP) is 3.33. The minimum absolute atomic E-state index is 0.506. The SMILES string of the molecule is CCCC(Oc1c(Br)cccc1CNC1CC1)C(=O)O. The van der Waals surface area contributed by atoms with Gasteiger partial charge in [0.05, 0.1) is 4.47 Å². The van der Waals surface area contributed by atoms with Gasteiger partial charge in [-0.1, -0.05) is 25.5 Å². The quantitative estimate of drug-likeness (QED) is 0.761. The van der Waals surface area contributed by atoms with Crippen molar-refractivity contribution in [2.75, 3.05) is 0 Å². The molecular weight excluding hydrogens is 322 g/mol. The lowest BCUT2D eigenvalue weighted by molar-refractivity contribution is -0.145. The fourth-order valence-electron chi connectivity index (χ4n) is 2.00. The number of benzene rings is 1. The van der Waals surface area contributed by atoms with Crippen molar-refractivity contribution in [1.82, 2.24) is 5.32 Å². The number of rotatable bonds is 8. The van der Waals surface area contributed by atoms with Crippen LogP contribution < -0.4 is 10.1 Å². The zero-order valence-corrected chi connectivity index (χ0v) is 13.1. The molecule has 1 aliphatic rings. The molecule has 2 rings (SSSR count). The summed E-state index contributed by atoms with van der Waals surface area (Å²) in [5.74, 6) is -0.273. The van der Waals surface area contributed by atoms with Crippen molar-refractivity contribution < 1.29 is 14.6 Å². The zero-order chi connectivity index (χ0) is 14.5. The van der Waals surface area contributed by atoms with Crippen LogP contribution in [0.4, 0.5) is 0 Å². The van der Waals surface area contributed by atoms with Crippen LogP contribution in [0.25, 0.3) is 0 Å². The van der Waals surface area contributed by atoms with Crippen LogP contribution in [0.1, 0.15) is 38.2 Å². The van der Waals surface area contributed by atoms with Crippen molar-refractivity contribution >= 4 is 21.9 Å². The van der Waals surface area contributed by atoms with Gasteiger partial charge in [0, 0.05) is 18.2 Å². The average molecular weight is 342 g/mol. The molecule has 1 aromatic rings. The maximum absolute atomic E-state index is 11.2. The van der Waals surface area contributed by atoms with Crippen LogP contribution in [0.15, 0.2) is 22.7 Å². The van der Waals surface area contributed by atoms with Crippen molar-refractivity contribution in [1.29, 1.82) is 0 Å². The fourth-order valence-corrected chi connectivity index (χ4v) is 2.50. The van der Waals surface area contributed by atoms with E-state index in [4.69, 9.17) is 4.74 Å². The lowest BCUT2D eigenvalue weighted by atomic mass is 10.1. The van der Waals surface area contributed by atoms with Gasteiger partial charge in [0.1, 0.15) is 5.75 Å². The fraction of sp³-hybridized carbons (Fsp3) is 0.533. The molecule has 1 atom stereocenters. The largest absolute Gasteiger partial charge is 0.479 e. The van der Waals surface area contributed by atoms with Crippen LogP contribution in [0.3, 0.4) is 0 Å². The van der Waals surface area contributed by atoms with E-state index in [-0.39, 0.29) is 0 Å². The van der Waals surface area contributed by atoms with E-state index in [1.165, 1.54) is 12.8 Å². The molecule has 1 aliphatic carbocycles. The van der Waals surface area contributed by atoms with E-state index in [2.05, 4.69) is 21.2 Å². The van der Waals surface area contributed by atoms with E-state index in [1.807, 2.05) is 25.1 Å². The molecule has 0 saturated heterocycles. The normalized spacial score (nSPS) is 15.9. The van der Waals surface area contributed by atoms with Gasteiger partial charge >= 0.3 is 5.97 Å². The molecule has 0 spiro atoms. The van der Waals surface area contributed by atoms with E-state index in [9.17, 15) is 9.90 Å². The Kier molecular flexibility index (Phi) is 5.43. The molecule has 4 nitrogen and oxygen atoms in total. The van der Waals surface area contributed by atoms with Crippen molar-refractivity contribution in [3.05, 3.63) is 28.2 Å². The highest BCUT2D eigenvalue weighted by Gasteiger charge is 2.23. The van der Waals surface area contributed by atoms with Gasteiger partial charge in [-0.25, -0.2) is 4.79 Å². The lowest BCUT2D eigenvalue weighted by Gasteiger charge is -2.18. The third-order valence-electron chi connectivity index (χ3n) is 3.29. The Labute approximate surface area is 127 Å². The molecule has 1 saturated carbocycles. The molecule has 0 radical (unpaired) electrons. The second-order valence-corrected chi connectivity index (χ2v) is 5.97. The molecule has 0 aliphatic heterocycles. The Morgan fingerprint density at radius 3 is 2.90 bits per heavy atom. The van der Waals surface area contributed by atoms with Gasteiger partial charge in [-0.3, -0.25) is 0 Å². The number of carbonyl (C=O) groups is 1. The van der Waals surface area contributed by atoms with Crippen molar-refractivity contribution in [2.24, 2.45) is 0 Å². The van der Waals surface area contributed by atoms with Gasteiger partial charge in [-0.2, -0.15) is 0 Å². The summed E-state index contributed by atoms with van der Waals surface area (Å²) in [6.45, 7) is 2.66. The topological polar surface area (TPSA) is 58.6 Å². The van der Waals surface area contributed by atoms with Gasteiger partial charge in [-0.05, 0) is 41.3 Å². The highest BCUT2D eigenvalue weighted by molar-refractivity contribution is 9.10. The highest BCUT2D eigenvalue weighted by Crippen LogP contribution is 2.31. The van der Waals surface area contributed by atoms with Gasteiger partial charge < -0.3 is 15.2 Å². The first kappa shape index (κ1) is 15.3.